The molecule has 212 valence electrons. The molecule has 0 saturated carbocycles. The maximum Gasteiger partial charge on any atom is 0.273 e. The molecule has 0 aliphatic heterocycles. The van der Waals surface area contributed by atoms with Crippen LogP contribution in [0, 0.1) is 5.41 Å². The molecule has 1 atom stereocenters. The predicted octanol–water partition coefficient (Wildman–Crippen LogP) is 1.98. The van der Waals surface area contributed by atoms with Crippen molar-refractivity contribution in [1.82, 2.24) is 25.9 Å². The third-order valence-corrected chi connectivity index (χ3v) is 6.10. The average molecular weight is 568 g/mol. The topological polar surface area (TPSA) is 207 Å². The summed E-state index contributed by atoms with van der Waals surface area (Å²) >= 11 is 5.84. The summed E-state index contributed by atoms with van der Waals surface area (Å²) in [4.78, 5) is 32.5. The van der Waals surface area contributed by atoms with Gasteiger partial charge in [0.2, 0.25) is 5.91 Å². The lowest BCUT2D eigenvalue weighted by atomic mass is 10.1. The van der Waals surface area contributed by atoms with Gasteiger partial charge in [-0.1, -0.05) is 54.1 Å². The molecule has 12 nitrogen and oxygen atoms in total. The molecule has 0 saturated heterocycles. The van der Waals surface area contributed by atoms with Crippen molar-refractivity contribution in [3.63, 3.8) is 0 Å². The Kier molecular flexibility index (Phi) is 11.3. The highest BCUT2D eigenvalue weighted by molar-refractivity contribution is 6.31. The van der Waals surface area contributed by atoms with Gasteiger partial charge in [0.1, 0.15) is 12.4 Å². The van der Waals surface area contributed by atoms with Crippen LogP contribution in [0.25, 0.3) is 0 Å². The van der Waals surface area contributed by atoms with Gasteiger partial charge in [-0.2, -0.15) is 0 Å². The van der Waals surface area contributed by atoms with Gasteiger partial charge in [0.05, 0.1) is 6.42 Å². The minimum absolute atomic E-state index is 0.0685. The number of benzene rings is 2. The van der Waals surface area contributed by atoms with Crippen molar-refractivity contribution in [3.05, 3.63) is 76.6 Å². The second-order valence-corrected chi connectivity index (χ2v) is 9.40. The number of carbonyl (C=O) groups is 2. The van der Waals surface area contributed by atoms with Gasteiger partial charge in [0, 0.05) is 19.1 Å². The third kappa shape index (κ3) is 9.95. The quantitative estimate of drug-likeness (QED) is 0.0861. The summed E-state index contributed by atoms with van der Waals surface area (Å²) in [5.41, 5.74) is 18.6. The summed E-state index contributed by atoms with van der Waals surface area (Å²) < 4.78 is 5.78. The van der Waals surface area contributed by atoms with E-state index in [9.17, 15) is 9.59 Å². The van der Waals surface area contributed by atoms with Gasteiger partial charge < -0.3 is 37.9 Å². The van der Waals surface area contributed by atoms with Crippen molar-refractivity contribution in [2.45, 2.75) is 38.3 Å². The minimum atomic E-state index is -0.578. The minimum Gasteiger partial charge on any atom is -0.489 e. The normalized spacial score (nSPS) is 11.3. The number of amides is 2. The van der Waals surface area contributed by atoms with Gasteiger partial charge in [0.15, 0.2) is 28.4 Å². The van der Waals surface area contributed by atoms with E-state index in [2.05, 4.69) is 25.9 Å². The van der Waals surface area contributed by atoms with E-state index in [4.69, 9.17) is 38.9 Å². The van der Waals surface area contributed by atoms with E-state index < -0.39 is 5.91 Å². The average Bonchev–Trinajstić information content (AvgIpc) is 2.93. The summed E-state index contributed by atoms with van der Waals surface area (Å²) in [6.07, 6.45) is 2.27. The number of carbonyl (C=O) groups excluding carboxylic acids is 2. The molecule has 0 spiro atoms. The highest BCUT2D eigenvalue weighted by Crippen LogP contribution is 2.17. The van der Waals surface area contributed by atoms with E-state index in [1.165, 1.54) is 0 Å². The Morgan fingerprint density at radius 3 is 2.38 bits per heavy atom. The molecule has 13 heteroatoms. The number of nitrogens with zero attached hydrogens (tertiary/aromatic N) is 2. The predicted molar refractivity (Wildman–Crippen MR) is 155 cm³/mol. The Morgan fingerprint density at radius 2 is 1.68 bits per heavy atom. The first kappa shape index (κ1) is 30.0. The van der Waals surface area contributed by atoms with Crippen LogP contribution in [-0.2, 0) is 17.8 Å². The third-order valence-electron chi connectivity index (χ3n) is 5.83. The first-order chi connectivity index (χ1) is 19.2. The van der Waals surface area contributed by atoms with Crippen LogP contribution < -0.4 is 37.9 Å². The van der Waals surface area contributed by atoms with E-state index in [1.807, 2.05) is 54.6 Å². The Bertz CT molecular complexity index is 1290. The fourth-order valence-corrected chi connectivity index (χ4v) is 3.92. The van der Waals surface area contributed by atoms with Gasteiger partial charge in [0.25, 0.3) is 5.91 Å². The summed E-state index contributed by atoms with van der Waals surface area (Å²) in [5, 5.41) is 15.8. The SMILES string of the molecule is N=C(N)N[C@@H](CCCCNC(=O)Cc1ccc(OCc2ccccc2)cc1)CNC(=O)c1nc(Cl)c(N)nc1N. The molecule has 0 radical (unpaired) electrons. The monoisotopic (exact) mass is 567 g/mol. The first-order valence-corrected chi connectivity index (χ1v) is 13.1. The summed E-state index contributed by atoms with van der Waals surface area (Å²) in [7, 11) is 0. The molecule has 3 aromatic rings. The molecule has 2 aromatic carbocycles. The van der Waals surface area contributed by atoms with Crippen molar-refractivity contribution in [2.24, 2.45) is 5.73 Å². The Morgan fingerprint density at radius 1 is 0.950 bits per heavy atom. The molecule has 0 aliphatic carbocycles. The molecule has 0 aliphatic rings. The Labute approximate surface area is 237 Å². The molecule has 2 amide bonds. The zero-order chi connectivity index (χ0) is 28.9. The van der Waals surface area contributed by atoms with Crippen LogP contribution in [0.1, 0.15) is 40.9 Å². The summed E-state index contributed by atoms with van der Waals surface area (Å²) in [6.45, 7) is 1.13. The number of rotatable bonds is 14. The van der Waals surface area contributed by atoms with Crippen LogP contribution in [0.15, 0.2) is 54.6 Å². The van der Waals surface area contributed by atoms with Crippen molar-refractivity contribution >= 4 is 41.0 Å². The number of nitrogen functional groups attached to an aromatic ring is 2. The number of aromatic nitrogens is 2. The largest absolute Gasteiger partial charge is 0.489 e. The van der Waals surface area contributed by atoms with Crippen LogP contribution in [0.2, 0.25) is 5.15 Å². The summed E-state index contributed by atoms with van der Waals surface area (Å²) in [6, 6.07) is 17.1. The molecular weight excluding hydrogens is 534 g/mol. The Hall–Kier alpha value is -4.58. The van der Waals surface area contributed by atoms with Crippen LogP contribution in [0.3, 0.4) is 0 Å². The van der Waals surface area contributed by atoms with Crippen LogP contribution >= 0.6 is 11.6 Å². The number of ether oxygens (including phenoxy) is 1. The van der Waals surface area contributed by atoms with Crippen molar-refractivity contribution in [1.29, 1.82) is 5.41 Å². The lowest BCUT2D eigenvalue weighted by molar-refractivity contribution is -0.120. The van der Waals surface area contributed by atoms with E-state index >= 15 is 0 Å². The second-order valence-electron chi connectivity index (χ2n) is 9.04. The molecule has 10 N–H and O–H groups in total. The molecule has 0 bridgehead atoms. The summed E-state index contributed by atoms with van der Waals surface area (Å²) in [5.74, 6) is -0.347. The molecular formula is C27H34ClN9O3. The first-order valence-electron chi connectivity index (χ1n) is 12.7. The molecule has 40 heavy (non-hydrogen) atoms. The molecule has 1 heterocycles. The van der Waals surface area contributed by atoms with E-state index in [0.717, 1.165) is 16.9 Å². The molecule has 1 aromatic heterocycles. The number of unbranched alkanes of at least 4 members (excludes halogenated alkanes) is 1. The van der Waals surface area contributed by atoms with E-state index in [1.54, 1.807) is 0 Å². The number of hydrogen-bond acceptors (Lipinski definition) is 8. The molecule has 0 fully saturated rings. The van der Waals surface area contributed by atoms with Crippen molar-refractivity contribution in [3.8, 4) is 5.75 Å². The zero-order valence-corrected chi connectivity index (χ0v) is 22.7. The van der Waals surface area contributed by atoms with Gasteiger partial charge in [-0.15, -0.1) is 0 Å². The number of halogens is 1. The Balaban J connectivity index is 1.36. The van der Waals surface area contributed by atoms with Gasteiger partial charge in [-0.05, 0) is 42.5 Å². The number of nitrogens with two attached hydrogens (primary N) is 3. The van der Waals surface area contributed by atoms with Crippen molar-refractivity contribution < 1.29 is 14.3 Å². The standard InChI is InChI=1S/C27H34ClN9O3/c28-23-25(30)37-24(29)22(36-23)26(39)34-15-19(35-27(31)32)8-4-5-13-33-21(38)14-17-9-11-20(12-10-17)40-16-18-6-2-1-3-7-18/h1-3,6-7,9-12,19H,4-5,8,13-16H2,(H,33,38)(H,34,39)(H4,29,30,37)(H4,31,32,35)/t19-/m0/s1. The van der Waals surface area contributed by atoms with Gasteiger partial charge in [-0.25, -0.2) is 9.97 Å². The van der Waals surface area contributed by atoms with E-state index in [-0.39, 0.29) is 53.4 Å². The number of guanidine groups is 1. The maximum atomic E-state index is 12.5. The zero-order valence-electron chi connectivity index (χ0n) is 22.0. The fourth-order valence-electron chi connectivity index (χ4n) is 3.79. The lowest BCUT2D eigenvalue weighted by Gasteiger charge is -2.19. The van der Waals surface area contributed by atoms with Crippen LogP contribution in [0.5, 0.6) is 5.75 Å². The molecule has 3 rings (SSSR count). The smallest absolute Gasteiger partial charge is 0.273 e. The fraction of sp³-hybridized carbons (Fsp3) is 0.296. The van der Waals surface area contributed by atoms with Crippen molar-refractivity contribution in [2.75, 3.05) is 24.6 Å². The molecule has 0 unspecified atom stereocenters. The van der Waals surface area contributed by atoms with E-state index in [0.29, 0.717) is 32.4 Å². The number of hydrogen-bond donors (Lipinski definition) is 7. The lowest BCUT2D eigenvalue weighted by Crippen LogP contribution is -2.46. The number of anilines is 2. The van der Waals surface area contributed by atoms with Gasteiger partial charge >= 0.3 is 0 Å². The van der Waals surface area contributed by atoms with Crippen LogP contribution in [-0.4, -0.2) is 46.9 Å². The maximum absolute atomic E-state index is 12.5. The number of nitrogens with one attached hydrogen (secondary N) is 4. The second kappa shape index (κ2) is 15.1. The highest BCUT2D eigenvalue weighted by atomic mass is 35.5. The van der Waals surface area contributed by atoms with Gasteiger partial charge in [-0.3, -0.25) is 15.0 Å². The van der Waals surface area contributed by atoms with Crippen LogP contribution in [0.4, 0.5) is 11.6 Å². The highest BCUT2D eigenvalue weighted by Gasteiger charge is 2.18.